The number of nitrogens with one attached hydrogen (secondary N) is 1. The van der Waals surface area contributed by atoms with Gasteiger partial charge in [0.25, 0.3) is 10.0 Å². The Hall–Kier alpha value is -2.64. The van der Waals surface area contributed by atoms with Crippen LogP contribution in [-0.4, -0.2) is 13.4 Å². The molecule has 2 aromatic carbocycles. The van der Waals surface area contributed by atoms with Crippen LogP contribution in [0.4, 0.5) is 18.3 Å². The van der Waals surface area contributed by atoms with E-state index in [1.54, 1.807) is 19.1 Å². The molecule has 5 nitrogen and oxygen atoms in total. The Morgan fingerprint density at radius 1 is 1.23 bits per heavy atom. The SMILES string of the molecule is Cc1cc(C#N)cc2sc(NS(=O)(=O)c3ccccc3C(F)(F)F)nc12. The van der Waals surface area contributed by atoms with E-state index in [-0.39, 0.29) is 5.13 Å². The summed E-state index contributed by atoms with van der Waals surface area (Å²) in [5.74, 6) is 0. The van der Waals surface area contributed by atoms with E-state index in [4.69, 9.17) is 5.26 Å². The molecule has 0 saturated heterocycles. The van der Waals surface area contributed by atoms with Crippen LogP contribution in [0.2, 0.25) is 0 Å². The first-order valence-corrected chi connectivity index (χ1v) is 9.42. The fourth-order valence-electron chi connectivity index (χ4n) is 2.41. The van der Waals surface area contributed by atoms with E-state index in [1.807, 2.05) is 6.07 Å². The largest absolute Gasteiger partial charge is 0.417 e. The highest BCUT2D eigenvalue weighted by Crippen LogP contribution is 2.36. The lowest BCUT2D eigenvalue weighted by Crippen LogP contribution is -2.18. The molecule has 26 heavy (non-hydrogen) atoms. The lowest BCUT2D eigenvalue weighted by molar-refractivity contribution is -0.139. The molecule has 10 heteroatoms. The Bertz CT molecular complexity index is 1150. The fraction of sp³-hybridized carbons (Fsp3) is 0.125. The molecule has 0 bridgehead atoms. The van der Waals surface area contributed by atoms with Crippen LogP contribution >= 0.6 is 11.3 Å². The number of thiazole rings is 1. The fourth-order valence-corrected chi connectivity index (χ4v) is 4.86. The molecule has 0 aliphatic carbocycles. The van der Waals surface area contributed by atoms with Crippen LogP contribution in [0.25, 0.3) is 10.2 Å². The van der Waals surface area contributed by atoms with E-state index in [1.165, 1.54) is 6.07 Å². The van der Waals surface area contributed by atoms with Crippen molar-refractivity contribution in [3.63, 3.8) is 0 Å². The summed E-state index contributed by atoms with van der Waals surface area (Å²) in [5.41, 5.74) is 0.277. The van der Waals surface area contributed by atoms with Gasteiger partial charge < -0.3 is 0 Å². The number of hydrogen-bond acceptors (Lipinski definition) is 5. The zero-order valence-electron chi connectivity index (χ0n) is 13.1. The summed E-state index contributed by atoms with van der Waals surface area (Å²) in [4.78, 5) is 3.25. The number of aromatic nitrogens is 1. The van der Waals surface area contributed by atoms with E-state index < -0.39 is 26.7 Å². The van der Waals surface area contributed by atoms with E-state index >= 15 is 0 Å². The highest BCUT2D eigenvalue weighted by Gasteiger charge is 2.37. The molecule has 0 aliphatic heterocycles. The van der Waals surface area contributed by atoms with Gasteiger partial charge in [-0.05, 0) is 36.8 Å². The summed E-state index contributed by atoms with van der Waals surface area (Å²) in [7, 11) is -4.49. The van der Waals surface area contributed by atoms with Gasteiger partial charge in [-0.3, -0.25) is 4.72 Å². The molecular weight excluding hydrogens is 387 g/mol. The van der Waals surface area contributed by atoms with Gasteiger partial charge >= 0.3 is 6.18 Å². The Kier molecular flexibility index (Phi) is 4.37. The average molecular weight is 397 g/mol. The number of fused-ring (bicyclic) bond motifs is 1. The van der Waals surface area contributed by atoms with Crippen LogP contribution in [0, 0.1) is 18.3 Å². The van der Waals surface area contributed by atoms with Gasteiger partial charge in [-0.2, -0.15) is 18.4 Å². The van der Waals surface area contributed by atoms with Crippen LogP contribution in [0.3, 0.4) is 0 Å². The second-order valence-corrected chi connectivity index (χ2v) is 8.05. The molecule has 0 fully saturated rings. The Morgan fingerprint density at radius 3 is 2.58 bits per heavy atom. The molecule has 1 N–H and O–H groups in total. The first kappa shape index (κ1) is 18.2. The third-order valence-corrected chi connectivity index (χ3v) is 5.96. The number of aryl methyl sites for hydroxylation is 1. The van der Waals surface area contributed by atoms with Crippen molar-refractivity contribution in [2.75, 3.05) is 4.72 Å². The molecule has 0 saturated carbocycles. The van der Waals surface area contributed by atoms with Gasteiger partial charge in [-0.15, -0.1) is 0 Å². The lowest BCUT2D eigenvalue weighted by Gasteiger charge is -2.13. The van der Waals surface area contributed by atoms with Gasteiger partial charge in [0.1, 0.15) is 0 Å². The number of benzene rings is 2. The summed E-state index contributed by atoms with van der Waals surface area (Å²) in [5, 5.41) is 8.91. The Morgan fingerprint density at radius 2 is 1.92 bits per heavy atom. The van der Waals surface area contributed by atoms with E-state index in [9.17, 15) is 21.6 Å². The zero-order valence-corrected chi connectivity index (χ0v) is 14.8. The quantitative estimate of drug-likeness (QED) is 0.714. The van der Waals surface area contributed by atoms with Crippen molar-refractivity contribution in [2.24, 2.45) is 0 Å². The van der Waals surface area contributed by atoms with Crippen LogP contribution in [0.15, 0.2) is 41.3 Å². The second-order valence-electron chi connectivity index (χ2n) is 5.37. The molecule has 0 atom stereocenters. The maximum atomic E-state index is 13.1. The van der Waals surface area contributed by atoms with Gasteiger partial charge in [0.05, 0.1) is 32.3 Å². The third kappa shape index (κ3) is 3.36. The Balaban J connectivity index is 2.05. The second kappa shape index (κ2) is 6.26. The molecular formula is C16H10F3N3O2S2. The van der Waals surface area contributed by atoms with Crippen LogP contribution in [-0.2, 0) is 16.2 Å². The van der Waals surface area contributed by atoms with Gasteiger partial charge in [0, 0.05) is 0 Å². The summed E-state index contributed by atoms with van der Waals surface area (Å²) in [6, 6.07) is 9.04. The van der Waals surface area contributed by atoms with Crippen molar-refractivity contribution < 1.29 is 21.6 Å². The number of halogens is 3. The minimum absolute atomic E-state index is 0.0739. The number of nitrogens with zero attached hydrogens (tertiary/aromatic N) is 2. The lowest BCUT2D eigenvalue weighted by atomic mass is 10.1. The summed E-state index contributed by atoms with van der Waals surface area (Å²) >= 11 is 0.942. The molecule has 0 aliphatic rings. The summed E-state index contributed by atoms with van der Waals surface area (Å²) in [6.45, 7) is 1.71. The minimum Gasteiger partial charge on any atom is -0.255 e. The number of alkyl halides is 3. The maximum Gasteiger partial charge on any atom is 0.417 e. The molecule has 3 aromatic rings. The average Bonchev–Trinajstić information content (AvgIpc) is 2.96. The zero-order chi connectivity index (χ0) is 19.1. The predicted molar refractivity (Wildman–Crippen MR) is 91.3 cm³/mol. The minimum atomic E-state index is -4.81. The van der Waals surface area contributed by atoms with Crippen molar-refractivity contribution >= 4 is 36.7 Å². The van der Waals surface area contributed by atoms with Gasteiger partial charge in [0.15, 0.2) is 5.13 Å². The first-order chi connectivity index (χ1) is 12.1. The summed E-state index contributed by atoms with van der Waals surface area (Å²) in [6.07, 6.45) is -4.81. The van der Waals surface area contributed by atoms with Crippen LogP contribution in [0.1, 0.15) is 16.7 Å². The topological polar surface area (TPSA) is 82.9 Å². The smallest absolute Gasteiger partial charge is 0.255 e. The first-order valence-electron chi connectivity index (χ1n) is 7.12. The standard InChI is InChI=1S/C16H10F3N3O2S2/c1-9-6-10(8-20)7-12-14(9)21-15(25-12)22-26(23,24)13-5-3-2-4-11(13)16(17,18)19/h2-7H,1H3,(H,21,22). The highest BCUT2D eigenvalue weighted by molar-refractivity contribution is 7.93. The normalized spacial score (nSPS) is 12.1. The molecule has 0 spiro atoms. The molecule has 1 aromatic heterocycles. The van der Waals surface area contributed by atoms with Crippen LogP contribution in [0.5, 0.6) is 0 Å². The van der Waals surface area contributed by atoms with E-state index in [0.29, 0.717) is 27.4 Å². The van der Waals surface area contributed by atoms with Gasteiger partial charge in [0.2, 0.25) is 0 Å². The summed E-state index contributed by atoms with van der Waals surface area (Å²) < 4.78 is 66.8. The molecule has 0 unspecified atom stereocenters. The van der Waals surface area contributed by atoms with Gasteiger partial charge in [-0.1, -0.05) is 23.5 Å². The number of rotatable bonds is 3. The van der Waals surface area contributed by atoms with Crippen molar-refractivity contribution in [2.45, 2.75) is 18.0 Å². The van der Waals surface area contributed by atoms with Crippen molar-refractivity contribution in [3.8, 4) is 6.07 Å². The van der Waals surface area contributed by atoms with Crippen molar-refractivity contribution in [1.82, 2.24) is 4.98 Å². The molecule has 0 radical (unpaired) electrons. The molecule has 0 amide bonds. The Labute approximate surface area is 150 Å². The number of anilines is 1. The maximum absolute atomic E-state index is 13.1. The monoisotopic (exact) mass is 397 g/mol. The van der Waals surface area contributed by atoms with Crippen molar-refractivity contribution in [3.05, 3.63) is 53.1 Å². The predicted octanol–water partition coefficient (Wildman–Crippen LogP) is 4.30. The highest BCUT2D eigenvalue weighted by atomic mass is 32.2. The van der Waals surface area contributed by atoms with Crippen LogP contribution < -0.4 is 4.72 Å². The van der Waals surface area contributed by atoms with Crippen molar-refractivity contribution in [1.29, 1.82) is 5.26 Å². The molecule has 134 valence electrons. The van der Waals surface area contributed by atoms with E-state index in [0.717, 1.165) is 23.5 Å². The number of sulfonamides is 1. The van der Waals surface area contributed by atoms with E-state index in [2.05, 4.69) is 9.71 Å². The molecule has 1 heterocycles. The number of nitriles is 1. The van der Waals surface area contributed by atoms with Gasteiger partial charge in [-0.25, -0.2) is 13.4 Å². The number of hydrogen-bond donors (Lipinski definition) is 1. The molecule has 3 rings (SSSR count). The third-order valence-electron chi connectivity index (χ3n) is 3.52.